The van der Waals surface area contributed by atoms with E-state index >= 15 is 0 Å². The van der Waals surface area contributed by atoms with Gasteiger partial charge in [0.25, 0.3) is 0 Å². The Bertz CT molecular complexity index is 1060. The number of ether oxygens (including phenoxy) is 1. The molecule has 0 bridgehead atoms. The summed E-state index contributed by atoms with van der Waals surface area (Å²) in [5.74, 6) is 0.619. The Kier molecular flexibility index (Phi) is 5.97. The first kappa shape index (κ1) is 20.6. The lowest BCUT2D eigenvalue weighted by Crippen LogP contribution is -2.24. The molecule has 1 aliphatic rings. The van der Waals surface area contributed by atoms with Gasteiger partial charge in [0.05, 0.1) is 18.9 Å². The lowest BCUT2D eigenvalue weighted by Gasteiger charge is -2.16. The molecule has 0 radical (unpaired) electrons. The van der Waals surface area contributed by atoms with Crippen molar-refractivity contribution in [1.82, 2.24) is 10.2 Å². The Morgan fingerprint density at radius 3 is 2.61 bits per heavy atom. The van der Waals surface area contributed by atoms with Crippen molar-refractivity contribution < 1.29 is 18.7 Å². The van der Waals surface area contributed by atoms with Crippen LogP contribution in [0.2, 0.25) is 0 Å². The lowest BCUT2D eigenvalue weighted by molar-refractivity contribution is -0.117. The Balaban J connectivity index is 1.37. The highest BCUT2D eigenvalue weighted by atomic mass is 16.5. The SMILES string of the molecule is CCOc1ccc(N2C[C@H](c3nnc(NC(=O)Cc4ccc(C)cc4)o3)CC2=O)cc1. The number of benzene rings is 2. The average molecular weight is 420 g/mol. The number of rotatable bonds is 7. The Labute approximate surface area is 180 Å². The zero-order valence-corrected chi connectivity index (χ0v) is 17.5. The molecule has 2 amide bonds. The quantitative estimate of drug-likeness (QED) is 0.628. The number of nitrogens with one attached hydrogen (secondary N) is 1. The molecule has 1 atom stereocenters. The van der Waals surface area contributed by atoms with Crippen LogP contribution in [0.25, 0.3) is 0 Å². The first-order chi connectivity index (χ1) is 15.0. The molecule has 2 aromatic carbocycles. The van der Waals surface area contributed by atoms with Gasteiger partial charge >= 0.3 is 6.01 Å². The third-order valence-corrected chi connectivity index (χ3v) is 5.11. The van der Waals surface area contributed by atoms with Crippen LogP contribution in [-0.4, -0.2) is 35.2 Å². The summed E-state index contributed by atoms with van der Waals surface area (Å²) in [5.41, 5.74) is 2.83. The van der Waals surface area contributed by atoms with Gasteiger partial charge in [-0.2, -0.15) is 0 Å². The molecule has 1 N–H and O–H groups in total. The first-order valence-corrected chi connectivity index (χ1v) is 10.2. The zero-order valence-electron chi connectivity index (χ0n) is 17.5. The zero-order chi connectivity index (χ0) is 21.8. The number of carbonyl (C=O) groups is 2. The number of amides is 2. The minimum atomic E-state index is -0.238. The molecule has 160 valence electrons. The molecule has 0 unspecified atom stereocenters. The molecular formula is C23H24N4O4. The van der Waals surface area contributed by atoms with Crippen molar-refractivity contribution >= 4 is 23.5 Å². The van der Waals surface area contributed by atoms with Crippen molar-refractivity contribution in [1.29, 1.82) is 0 Å². The molecule has 1 fully saturated rings. The van der Waals surface area contributed by atoms with Gasteiger partial charge in [-0.15, -0.1) is 5.10 Å². The predicted octanol–water partition coefficient (Wildman–Crippen LogP) is 3.48. The highest BCUT2D eigenvalue weighted by molar-refractivity contribution is 5.96. The van der Waals surface area contributed by atoms with Crippen molar-refractivity contribution in [2.24, 2.45) is 0 Å². The van der Waals surface area contributed by atoms with E-state index in [-0.39, 0.29) is 36.6 Å². The number of nitrogens with zero attached hydrogens (tertiary/aromatic N) is 3. The van der Waals surface area contributed by atoms with E-state index < -0.39 is 0 Å². The second kappa shape index (κ2) is 8.99. The number of aryl methyl sites for hydroxylation is 1. The standard InChI is InChI=1S/C23H24N4O4/c1-3-30-19-10-8-18(9-11-19)27-14-17(13-21(27)29)22-25-26-23(31-22)24-20(28)12-16-6-4-15(2)5-7-16/h4-11,17H,3,12-14H2,1-2H3,(H,24,26,28)/t17-/m1/s1. The average Bonchev–Trinajstić information content (AvgIpc) is 3.37. The van der Waals surface area contributed by atoms with E-state index in [4.69, 9.17) is 9.15 Å². The molecule has 0 spiro atoms. The summed E-state index contributed by atoms with van der Waals surface area (Å²) in [5, 5.41) is 10.6. The number of aromatic nitrogens is 2. The van der Waals surface area contributed by atoms with Crippen LogP contribution in [-0.2, 0) is 16.0 Å². The largest absolute Gasteiger partial charge is 0.494 e. The predicted molar refractivity (Wildman–Crippen MR) is 115 cm³/mol. The molecular weight excluding hydrogens is 396 g/mol. The molecule has 3 aromatic rings. The van der Waals surface area contributed by atoms with Gasteiger partial charge in [-0.25, -0.2) is 0 Å². The summed E-state index contributed by atoms with van der Waals surface area (Å²) < 4.78 is 11.1. The van der Waals surface area contributed by atoms with Crippen molar-refractivity contribution in [3.05, 3.63) is 65.5 Å². The van der Waals surface area contributed by atoms with Gasteiger partial charge in [0, 0.05) is 18.7 Å². The van der Waals surface area contributed by atoms with Crippen LogP contribution in [0.3, 0.4) is 0 Å². The maximum Gasteiger partial charge on any atom is 0.322 e. The molecule has 8 heteroatoms. The minimum absolute atomic E-state index is 0.0164. The van der Waals surface area contributed by atoms with Crippen LogP contribution in [0.5, 0.6) is 5.75 Å². The molecule has 0 saturated carbocycles. The second-order valence-corrected chi connectivity index (χ2v) is 7.49. The topological polar surface area (TPSA) is 97.6 Å². The highest BCUT2D eigenvalue weighted by Gasteiger charge is 2.35. The number of hydrogen-bond donors (Lipinski definition) is 1. The van der Waals surface area contributed by atoms with Crippen LogP contribution in [0.1, 0.15) is 36.3 Å². The van der Waals surface area contributed by atoms with E-state index in [1.165, 1.54) is 0 Å². The molecule has 0 aliphatic carbocycles. The van der Waals surface area contributed by atoms with Crippen molar-refractivity contribution in [3.8, 4) is 5.75 Å². The molecule has 1 saturated heterocycles. The van der Waals surface area contributed by atoms with E-state index in [1.807, 2.05) is 62.4 Å². The summed E-state index contributed by atoms with van der Waals surface area (Å²) in [6.45, 7) is 4.94. The fourth-order valence-electron chi connectivity index (χ4n) is 3.52. The third kappa shape index (κ3) is 4.91. The second-order valence-electron chi connectivity index (χ2n) is 7.49. The summed E-state index contributed by atoms with van der Waals surface area (Å²) in [6.07, 6.45) is 0.484. The van der Waals surface area contributed by atoms with Gasteiger partial charge < -0.3 is 14.1 Å². The van der Waals surface area contributed by atoms with E-state index in [9.17, 15) is 9.59 Å². The third-order valence-electron chi connectivity index (χ3n) is 5.11. The van der Waals surface area contributed by atoms with Crippen LogP contribution in [0.15, 0.2) is 52.9 Å². The van der Waals surface area contributed by atoms with Crippen molar-refractivity contribution in [3.63, 3.8) is 0 Å². The van der Waals surface area contributed by atoms with Gasteiger partial charge in [0.1, 0.15) is 5.75 Å². The van der Waals surface area contributed by atoms with Gasteiger partial charge in [-0.1, -0.05) is 34.9 Å². The van der Waals surface area contributed by atoms with Crippen LogP contribution < -0.4 is 15.0 Å². The fourth-order valence-corrected chi connectivity index (χ4v) is 3.52. The molecule has 4 rings (SSSR count). The lowest BCUT2D eigenvalue weighted by atomic mass is 10.1. The Morgan fingerprint density at radius 2 is 1.90 bits per heavy atom. The molecule has 31 heavy (non-hydrogen) atoms. The summed E-state index contributed by atoms with van der Waals surface area (Å²) in [7, 11) is 0. The molecule has 1 aromatic heterocycles. The smallest absolute Gasteiger partial charge is 0.322 e. The van der Waals surface area contributed by atoms with Gasteiger partial charge in [-0.3, -0.25) is 14.9 Å². The van der Waals surface area contributed by atoms with E-state index in [2.05, 4.69) is 15.5 Å². The summed E-state index contributed by atoms with van der Waals surface area (Å²) in [6, 6.07) is 15.2. The molecule has 8 nitrogen and oxygen atoms in total. The maximum atomic E-state index is 12.5. The minimum Gasteiger partial charge on any atom is -0.494 e. The van der Waals surface area contributed by atoms with Gasteiger partial charge in [0.15, 0.2) is 0 Å². The Morgan fingerprint density at radius 1 is 1.16 bits per heavy atom. The van der Waals surface area contributed by atoms with Crippen molar-refractivity contribution in [2.45, 2.75) is 32.6 Å². The van der Waals surface area contributed by atoms with E-state index in [0.717, 1.165) is 22.6 Å². The van der Waals surface area contributed by atoms with E-state index in [1.54, 1.807) is 4.90 Å². The summed E-state index contributed by atoms with van der Waals surface area (Å²) >= 11 is 0. The number of hydrogen-bond acceptors (Lipinski definition) is 6. The monoisotopic (exact) mass is 420 g/mol. The number of carbonyl (C=O) groups excluding carboxylic acids is 2. The van der Waals surface area contributed by atoms with Crippen LogP contribution >= 0.6 is 0 Å². The van der Waals surface area contributed by atoms with Crippen molar-refractivity contribution in [2.75, 3.05) is 23.4 Å². The van der Waals surface area contributed by atoms with Crippen LogP contribution in [0, 0.1) is 6.92 Å². The molecule has 2 heterocycles. The summed E-state index contributed by atoms with van der Waals surface area (Å²) in [4.78, 5) is 26.5. The Hall–Kier alpha value is -3.68. The van der Waals surface area contributed by atoms with Gasteiger partial charge in [-0.05, 0) is 43.7 Å². The van der Waals surface area contributed by atoms with Crippen LogP contribution in [0.4, 0.5) is 11.7 Å². The highest BCUT2D eigenvalue weighted by Crippen LogP contribution is 2.32. The first-order valence-electron chi connectivity index (χ1n) is 10.2. The maximum absolute atomic E-state index is 12.5. The molecule has 1 aliphatic heterocycles. The number of anilines is 2. The fraction of sp³-hybridized carbons (Fsp3) is 0.304. The van der Waals surface area contributed by atoms with E-state index in [0.29, 0.717) is 19.0 Å². The van der Waals surface area contributed by atoms with Gasteiger partial charge in [0.2, 0.25) is 17.7 Å². The normalized spacial score (nSPS) is 15.9.